The molecule has 0 fully saturated rings. The summed E-state index contributed by atoms with van der Waals surface area (Å²) in [6, 6.07) is 10.8. The number of ether oxygens (including phenoxy) is 6. The first kappa shape index (κ1) is 24.2. The summed E-state index contributed by atoms with van der Waals surface area (Å²) < 4.78 is 34.5. The van der Waals surface area contributed by atoms with E-state index >= 15 is 0 Å². The molecule has 0 amide bonds. The number of ketones is 1. The van der Waals surface area contributed by atoms with Crippen molar-refractivity contribution in [2.45, 2.75) is 19.2 Å². The van der Waals surface area contributed by atoms with Crippen molar-refractivity contribution in [1.82, 2.24) is 0 Å². The van der Waals surface area contributed by atoms with E-state index in [-0.39, 0.29) is 5.78 Å². The average Bonchev–Trinajstić information content (AvgIpc) is 2.82. The predicted octanol–water partition coefficient (Wildman–Crippen LogP) is 4.28. The lowest BCUT2D eigenvalue weighted by Crippen LogP contribution is -2.15. The zero-order chi connectivity index (χ0) is 22.6. The van der Waals surface area contributed by atoms with Crippen molar-refractivity contribution >= 4 is 17.4 Å². The predicted molar refractivity (Wildman–Crippen MR) is 121 cm³/mol. The minimum absolute atomic E-state index is 0.0473. The molecular formula is C24H29ClO7. The first-order chi connectivity index (χ1) is 15.7. The maximum absolute atomic E-state index is 12.0. The fourth-order valence-corrected chi connectivity index (χ4v) is 3.20. The molecule has 1 aliphatic heterocycles. The molecule has 0 bridgehead atoms. The van der Waals surface area contributed by atoms with E-state index < -0.39 is 0 Å². The molecule has 3 rings (SSSR count). The summed E-state index contributed by atoms with van der Waals surface area (Å²) in [5, 5.41) is 0. The summed E-state index contributed by atoms with van der Waals surface area (Å²) in [6.45, 7) is 4.74. The van der Waals surface area contributed by atoms with Crippen molar-refractivity contribution in [2.75, 3.05) is 52.9 Å². The van der Waals surface area contributed by atoms with E-state index in [2.05, 4.69) is 0 Å². The minimum atomic E-state index is 0.0473. The lowest BCUT2D eigenvalue weighted by Gasteiger charge is -2.16. The molecule has 174 valence electrons. The van der Waals surface area contributed by atoms with Crippen LogP contribution in [0.15, 0.2) is 36.4 Å². The SMILES string of the molecule is CCC(=O)c1ccc2c(c1)OCCOCCOc1ccc(CCl)cc1OCCOCCO2. The van der Waals surface area contributed by atoms with Crippen LogP contribution in [0.25, 0.3) is 0 Å². The summed E-state index contributed by atoms with van der Waals surface area (Å²) in [6.07, 6.45) is 0.426. The van der Waals surface area contributed by atoms with Gasteiger partial charge in [-0.15, -0.1) is 11.6 Å². The quantitative estimate of drug-likeness (QED) is 0.495. The fourth-order valence-electron chi connectivity index (χ4n) is 3.03. The van der Waals surface area contributed by atoms with Crippen molar-refractivity contribution in [2.24, 2.45) is 0 Å². The highest BCUT2D eigenvalue weighted by Crippen LogP contribution is 2.30. The molecular weight excluding hydrogens is 436 g/mol. The van der Waals surface area contributed by atoms with Crippen LogP contribution in [0.1, 0.15) is 29.3 Å². The van der Waals surface area contributed by atoms with Gasteiger partial charge in [0.15, 0.2) is 28.8 Å². The van der Waals surface area contributed by atoms with Gasteiger partial charge in [-0.2, -0.15) is 0 Å². The molecule has 1 heterocycles. The normalized spacial score (nSPS) is 15.9. The first-order valence-corrected chi connectivity index (χ1v) is 11.3. The summed E-state index contributed by atoms with van der Waals surface area (Å²) >= 11 is 5.93. The van der Waals surface area contributed by atoms with E-state index in [1.807, 2.05) is 25.1 Å². The lowest BCUT2D eigenvalue weighted by molar-refractivity contribution is 0.0639. The number of carbonyl (C=O) groups excluding carboxylic acids is 1. The molecule has 0 unspecified atom stereocenters. The molecule has 0 saturated carbocycles. The van der Waals surface area contributed by atoms with E-state index in [9.17, 15) is 4.79 Å². The number of halogens is 1. The van der Waals surface area contributed by atoms with Crippen LogP contribution in [0, 0.1) is 0 Å². The van der Waals surface area contributed by atoms with Gasteiger partial charge < -0.3 is 28.4 Å². The van der Waals surface area contributed by atoms with Gasteiger partial charge in [0.1, 0.15) is 26.4 Å². The Morgan fingerprint density at radius 1 is 0.719 bits per heavy atom. The second-order valence-corrected chi connectivity index (χ2v) is 7.24. The summed E-state index contributed by atoms with van der Waals surface area (Å²) in [5.41, 5.74) is 1.54. The molecule has 2 aromatic carbocycles. The van der Waals surface area contributed by atoms with Gasteiger partial charge in [-0.05, 0) is 35.9 Å². The number of fused-ring (bicyclic) bond motifs is 2. The Balaban J connectivity index is 1.63. The van der Waals surface area contributed by atoms with E-state index in [4.69, 9.17) is 40.0 Å². The van der Waals surface area contributed by atoms with Gasteiger partial charge in [0, 0.05) is 17.9 Å². The van der Waals surface area contributed by atoms with Crippen molar-refractivity contribution in [3.05, 3.63) is 47.5 Å². The Labute approximate surface area is 193 Å². The number of hydrogen-bond acceptors (Lipinski definition) is 7. The third kappa shape index (κ3) is 7.29. The number of alkyl halides is 1. The van der Waals surface area contributed by atoms with Crippen LogP contribution in [-0.2, 0) is 15.4 Å². The van der Waals surface area contributed by atoms with Crippen LogP contribution in [0.4, 0.5) is 0 Å². The number of rotatable bonds is 3. The Hall–Kier alpha value is -2.48. The van der Waals surface area contributed by atoms with Gasteiger partial charge in [-0.3, -0.25) is 4.79 Å². The highest BCUT2D eigenvalue weighted by molar-refractivity contribution is 6.17. The molecule has 0 atom stereocenters. The molecule has 1 aliphatic rings. The van der Waals surface area contributed by atoms with Gasteiger partial charge in [0.2, 0.25) is 0 Å². The van der Waals surface area contributed by atoms with Gasteiger partial charge in [0.05, 0.1) is 26.4 Å². The topological polar surface area (TPSA) is 72.5 Å². The summed E-state index contributed by atoms with van der Waals surface area (Å²) in [5.74, 6) is 2.76. The standard InChI is InChI=1S/C24H29ClO7/c1-2-20(26)19-4-6-22-24(16-19)32-14-10-28-7-11-29-21-5-3-18(17-25)15-23(21)31-13-9-27-8-12-30-22/h3-6,15-16H,2,7-14,17H2,1H3. The first-order valence-electron chi connectivity index (χ1n) is 10.7. The minimum Gasteiger partial charge on any atom is -0.487 e. The summed E-state index contributed by atoms with van der Waals surface area (Å²) in [4.78, 5) is 12.0. The van der Waals surface area contributed by atoms with Crippen LogP contribution in [0.5, 0.6) is 23.0 Å². The molecule has 7 nitrogen and oxygen atoms in total. The maximum Gasteiger partial charge on any atom is 0.162 e. The van der Waals surface area contributed by atoms with Gasteiger partial charge in [0.25, 0.3) is 0 Å². The van der Waals surface area contributed by atoms with Crippen molar-refractivity contribution < 1.29 is 33.2 Å². The van der Waals surface area contributed by atoms with Gasteiger partial charge in [-0.1, -0.05) is 13.0 Å². The number of Topliss-reactive ketones (excluding diaryl/α,β-unsaturated/α-hetero) is 1. The van der Waals surface area contributed by atoms with Crippen molar-refractivity contribution in [1.29, 1.82) is 0 Å². The van der Waals surface area contributed by atoms with Crippen LogP contribution in [-0.4, -0.2) is 58.6 Å². The zero-order valence-corrected chi connectivity index (χ0v) is 19.0. The molecule has 0 saturated heterocycles. The van der Waals surface area contributed by atoms with E-state index in [1.54, 1.807) is 18.2 Å². The number of hydrogen-bond donors (Lipinski definition) is 0. The van der Waals surface area contributed by atoms with Gasteiger partial charge >= 0.3 is 0 Å². The zero-order valence-electron chi connectivity index (χ0n) is 18.3. The van der Waals surface area contributed by atoms with Crippen LogP contribution >= 0.6 is 11.6 Å². The monoisotopic (exact) mass is 464 g/mol. The lowest BCUT2D eigenvalue weighted by atomic mass is 10.1. The third-order valence-corrected chi connectivity index (χ3v) is 5.00. The van der Waals surface area contributed by atoms with E-state index in [0.717, 1.165) is 5.56 Å². The van der Waals surface area contributed by atoms with Crippen LogP contribution < -0.4 is 18.9 Å². The second kappa shape index (κ2) is 13.2. The van der Waals surface area contributed by atoms with E-state index in [0.29, 0.717) is 93.7 Å². The van der Waals surface area contributed by atoms with Crippen LogP contribution in [0.3, 0.4) is 0 Å². The summed E-state index contributed by atoms with van der Waals surface area (Å²) in [7, 11) is 0. The Kier molecular flexibility index (Phi) is 9.94. The fraction of sp³-hybridized carbons (Fsp3) is 0.458. The van der Waals surface area contributed by atoms with Crippen LogP contribution in [0.2, 0.25) is 0 Å². The number of carbonyl (C=O) groups is 1. The maximum atomic E-state index is 12.0. The Morgan fingerprint density at radius 2 is 1.22 bits per heavy atom. The number of benzene rings is 2. The molecule has 0 radical (unpaired) electrons. The molecule has 0 aromatic heterocycles. The molecule has 8 heteroatoms. The molecule has 0 aliphatic carbocycles. The smallest absolute Gasteiger partial charge is 0.162 e. The molecule has 32 heavy (non-hydrogen) atoms. The largest absolute Gasteiger partial charge is 0.487 e. The van der Waals surface area contributed by atoms with Gasteiger partial charge in [-0.25, -0.2) is 0 Å². The van der Waals surface area contributed by atoms with Crippen molar-refractivity contribution in [3.63, 3.8) is 0 Å². The Morgan fingerprint density at radius 3 is 1.75 bits per heavy atom. The van der Waals surface area contributed by atoms with Crippen molar-refractivity contribution in [3.8, 4) is 23.0 Å². The Bertz CT molecular complexity index is 871. The molecule has 0 N–H and O–H groups in total. The molecule has 2 aromatic rings. The highest BCUT2D eigenvalue weighted by atomic mass is 35.5. The third-order valence-electron chi connectivity index (χ3n) is 4.69. The second-order valence-electron chi connectivity index (χ2n) is 6.97. The molecule has 0 spiro atoms. The van der Waals surface area contributed by atoms with E-state index in [1.165, 1.54) is 0 Å². The average molecular weight is 465 g/mol. The highest BCUT2D eigenvalue weighted by Gasteiger charge is 2.12.